The standard InChI is InChI=1S/C32H37NO5/c1-6-34-23-12-13-26-25(19-23)31(22-11-14-27(35-7-2)28(18-22)36-8-3)32-24-20-30(38-10-5)29(37-9-4)17-21(24)15-16-33(26)32/h11-14,17-20H,6-10,15-16H2,1-5H3. The van der Waals surface area contributed by atoms with E-state index in [1.807, 2.05) is 40.7 Å². The number of rotatable bonds is 11. The molecule has 0 amide bonds. The Morgan fingerprint density at radius 3 is 1.95 bits per heavy atom. The van der Waals surface area contributed by atoms with Crippen molar-refractivity contribution < 1.29 is 23.7 Å². The van der Waals surface area contributed by atoms with Gasteiger partial charge in [0.2, 0.25) is 0 Å². The Bertz CT molecular complexity index is 1440. The first kappa shape index (κ1) is 25.8. The van der Waals surface area contributed by atoms with E-state index in [1.165, 1.54) is 22.3 Å². The third-order valence-corrected chi connectivity index (χ3v) is 6.81. The Hall–Kier alpha value is -3.80. The number of hydrogen-bond acceptors (Lipinski definition) is 5. The van der Waals surface area contributed by atoms with Crippen molar-refractivity contribution in [1.82, 2.24) is 4.57 Å². The summed E-state index contributed by atoms with van der Waals surface area (Å²) in [6, 6.07) is 16.9. The van der Waals surface area contributed by atoms with E-state index >= 15 is 0 Å². The normalized spacial score (nSPS) is 12.1. The summed E-state index contributed by atoms with van der Waals surface area (Å²) in [5, 5.41) is 1.15. The van der Waals surface area contributed by atoms with Gasteiger partial charge in [0.15, 0.2) is 23.0 Å². The third kappa shape index (κ3) is 4.64. The first-order valence-electron chi connectivity index (χ1n) is 13.7. The molecule has 1 aliphatic rings. The van der Waals surface area contributed by atoms with Crippen molar-refractivity contribution in [2.75, 3.05) is 33.0 Å². The lowest BCUT2D eigenvalue weighted by atomic mass is 9.92. The van der Waals surface area contributed by atoms with Gasteiger partial charge in [-0.3, -0.25) is 0 Å². The second kappa shape index (κ2) is 11.3. The first-order valence-corrected chi connectivity index (χ1v) is 13.7. The van der Waals surface area contributed by atoms with Crippen molar-refractivity contribution >= 4 is 10.9 Å². The molecule has 2 heterocycles. The molecular weight excluding hydrogens is 478 g/mol. The molecule has 6 heteroatoms. The van der Waals surface area contributed by atoms with E-state index in [2.05, 4.69) is 47.0 Å². The number of hydrogen-bond donors (Lipinski definition) is 0. The van der Waals surface area contributed by atoms with Crippen LogP contribution in [0, 0.1) is 0 Å². The molecule has 3 aromatic carbocycles. The van der Waals surface area contributed by atoms with Gasteiger partial charge in [0, 0.05) is 28.6 Å². The fourth-order valence-corrected chi connectivity index (χ4v) is 5.40. The second-order valence-corrected chi connectivity index (χ2v) is 9.09. The second-order valence-electron chi connectivity index (χ2n) is 9.09. The summed E-state index contributed by atoms with van der Waals surface area (Å²) in [5.41, 5.74) is 7.00. The molecule has 1 aromatic heterocycles. The monoisotopic (exact) mass is 515 g/mol. The molecule has 5 rings (SSSR count). The molecule has 0 saturated heterocycles. The Labute approximate surface area is 225 Å². The van der Waals surface area contributed by atoms with Gasteiger partial charge in [-0.2, -0.15) is 0 Å². The van der Waals surface area contributed by atoms with Gasteiger partial charge in [-0.1, -0.05) is 6.07 Å². The van der Waals surface area contributed by atoms with Crippen LogP contribution in [0.4, 0.5) is 0 Å². The van der Waals surface area contributed by atoms with Gasteiger partial charge in [0.1, 0.15) is 5.75 Å². The highest BCUT2D eigenvalue weighted by Gasteiger charge is 2.28. The summed E-state index contributed by atoms with van der Waals surface area (Å²) < 4.78 is 32.2. The van der Waals surface area contributed by atoms with Crippen molar-refractivity contribution in [2.24, 2.45) is 0 Å². The smallest absolute Gasteiger partial charge is 0.161 e. The molecule has 0 N–H and O–H groups in total. The van der Waals surface area contributed by atoms with Crippen molar-refractivity contribution in [1.29, 1.82) is 0 Å². The number of aryl methyl sites for hydroxylation is 2. The predicted molar refractivity (Wildman–Crippen MR) is 152 cm³/mol. The van der Waals surface area contributed by atoms with Crippen LogP contribution in [0.1, 0.15) is 40.2 Å². The molecular formula is C32H37NO5. The summed E-state index contributed by atoms with van der Waals surface area (Å²) in [6.45, 7) is 13.8. The first-order chi connectivity index (χ1) is 18.6. The Morgan fingerprint density at radius 2 is 1.26 bits per heavy atom. The van der Waals surface area contributed by atoms with Crippen LogP contribution in [0.25, 0.3) is 33.3 Å². The highest BCUT2D eigenvalue weighted by Crippen LogP contribution is 2.49. The molecule has 0 aliphatic carbocycles. The minimum atomic E-state index is 0.563. The predicted octanol–water partition coefficient (Wildman–Crippen LogP) is 7.52. The number of aromatic nitrogens is 1. The van der Waals surface area contributed by atoms with Crippen molar-refractivity contribution in [3.05, 3.63) is 54.1 Å². The van der Waals surface area contributed by atoms with E-state index in [9.17, 15) is 0 Å². The molecule has 38 heavy (non-hydrogen) atoms. The highest BCUT2D eigenvalue weighted by molar-refractivity contribution is 6.06. The van der Waals surface area contributed by atoms with E-state index in [0.717, 1.165) is 58.2 Å². The number of benzene rings is 3. The molecule has 0 atom stereocenters. The third-order valence-electron chi connectivity index (χ3n) is 6.81. The van der Waals surface area contributed by atoms with Crippen LogP contribution < -0.4 is 23.7 Å². The number of fused-ring (bicyclic) bond motifs is 5. The van der Waals surface area contributed by atoms with Crippen molar-refractivity contribution in [3.63, 3.8) is 0 Å². The lowest BCUT2D eigenvalue weighted by Gasteiger charge is -2.24. The minimum Gasteiger partial charge on any atom is -0.494 e. The van der Waals surface area contributed by atoms with E-state index in [-0.39, 0.29) is 0 Å². The summed E-state index contributed by atoms with van der Waals surface area (Å²) in [5.74, 6) is 3.94. The van der Waals surface area contributed by atoms with Crippen LogP contribution in [0.3, 0.4) is 0 Å². The molecule has 0 bridgehead atoms. The van der Waals surface area contributed by atoms with E-state index in [4.69, 9.17) is 23.7 Å². The average molecular weight is 516 g/mol. The van der Waals surface area contributed by atoms with Gasteiger partial charge in [-0.25, -0.2) is 0 Å². The van der Waals surface area contributed by atoms with E-state index in [0.29, 0.717) is 33.0 Å². The zero-order chi connectivity index (χ0) is 26.6. The molecule has 0 fully saturated rings. The average Bonchev–Trinajstić information content (AvgIpc) is 3.25. The van der Waals surface area contributed by atoms with Gasteiger partial charge in [-0.05, 0) is 94.6 Å². The van der Waals surface area contributed by atoms with Gasteiger partial charge in [0.25, 0.3) is 0 Å². The maximum atomic E-state index is 6.04. The molecule has 0 unspecified atom stereocenters. The van der Waals surface area contributed by atoms with Gasteiger partial charge < -0.3 is 28.3 Å². The van der Waals surface area contributed by atoms with Crippen LogP contribution in [-0.2, 0) is 13.0 Å². The fraction of sp³-hybridized carbons (Fsp3) is 0.375. The molecule has 0 saturated carbocycles. The molecule has 4 aromatic rings. The van der Waals surface area contributed by atoms with Crippen LogP contribution in [0.5, 0.6) is 28.7 Å². The van der Waals surface area contributed by atoms with Crippen LogP contribution >= 0.6 is 0 Å². The molecule has 200 valence electrons. The van der Waals surface area contributed by atoms with E-state index in [1.54, 1.807) is 0 Å². The summed E-state index contributed by atoms with van der Waals surface area (Å²) in [4.78, 5) is 0. The van der Waals surface area contributed by atoms with E-state index < -0.39 is 0 Å². The summed E-state index contributed by atoms with van der Waals surface area (Å²) in [6.07, 6.45) is 0.915. The molecule has 6 nitrogen and oxygen atoms in total. The SMILES string of the molecule is CCOc1ccc2c(c1)c(-c1ccc(OCC)c(OCC)c1)c1n2CCc2cc(OCC)c(OCC)cc2-1. The van der Waals surface area contributed by atoms with Crippen LogP contribution in [-0.4, -0.2) is 37.6 Å². The van der Waals surface area contributed by atoms with Gasteiger partial charge in [-0.15, -0.1) is 0 Å². The van der Waals surface area contributed by atoms with Gasteiger partial charge in [0.05, 0.1) is 38.7 Å². The Kier molecular flexibility index (Phi) is 7.68. The lowest BCUT2D eigenvalue weighted by molar-refractivity contribution is 0.287. The zero-order valence-corrected chi connectivity index (χ0v) is 23.1. The molecule has 0 spiro atoms. The maximum Gasteiger partial charge on any atom is 0.161 e. The largest absolute Gasteiger partial charge is 0.494 e. The topological polar surface area (TPSA) is 51.1 Å². The van der Waals surface area contributed by atoms with Crippen LogP contribution in [0.15, 0.2) is 48.5 Å². The summed E-state index contributed by atoms with van der Waals surface area (Å²) in [7, 11) is 0. The lowest BCUT2D eigenvalue weighted by Crippen LogP contribution is -2.12. The summed E-state index contributed by atoms with van der Waals surface area (Å²) >= 11 is 0. The van der Waals surface area contributed by atoms with Crippen molar-refractivity contribution in [2.45, 2.75) is 47.6 Å². The number of nitrogens with zero attached hydrogens (tertiary/aromatic N) is 1. The van der Waals surface area contributed by atoms with Gasteiger partial charge >= 0.3 is 0 Å². The van der Waals surface area contributed by atoms with Crippen molar-refractivity contribution in [3.8, 4) is 51.1 Å². The fourth-order valence-electron chi connectivity index (χ4n) is 5.40. The van der Waals surface area contributed by atoms with Crippen LogP contribution in [0.2, 0.25) is 0 Å². The quantitative estimate of drug-likeness (QED) is 0.207. The minimum absolute atomic E-state index is 0.563. The molecule has 0 radical (unpaired) electrons. The highest BCUT2D eigenvalue weighted by atomic mass is 16.5. The molecule has 1 aliphatic heterocycles. The zero-order valence-electron chi connectivity index (χ0n) is 23.1. The number of ether oxygens (including phenoxy) is 5. The Morgan fingerprint density at radius 1 is 0.632 bits per heavy atom. The Balaban J connectivity index is 1.80. The maximum absolute atomic E-state index is 6.04.